The molecule has 8 nitrogen and oxygen atoms in total. The Morgan fingerprint density at radius 3 is 2.43 bits per heavy atom. The first-order chi connectivity index (χ1) is 20.1. The maximum absolute atomic E-state index is 13.2. The zero-order valence-corrected chi connectivity index (χ0v) is 22.7. The summed E-state index contributed by atoms with van der Waals surface area (Å²) in [6, 6.07) is 18.3. The van der Waals surface area contributed by atoms with E-state index in [1.165, 1.54) is 22.9 Å². The second kappa shape index (κ2) is 12.0. The molecule has 1 aliphatic rings. The number of nitrogens with zero attached hydrogens (tertiary/aromatic N) is 2. The van der Waals surface area contributed by atoms with Gasteiger partial charge < -0.3 is 20.5 Å². The van der Waals surface area contributed by atoms with Crippen LogP contribution in [0.3, 0.4) is 0 Å². The van der Waals surface area contributed by atoms with Crippen LogP contribution in [0.5, 0.6) is 11.5 Å². The average Bonchev–Trinajstić information content (AvgIpc) is 3.62. The monoisotopic (exact) mass is 578 g/mol. The van der Waals surface area contributed by atoms with Gasteiger partial charge in [-0.1, -0.05) is 42.7 Å². The molecule has 3 N–H and O–H groups in total. The van der Waals surface area contributed by atoms with Gasteiger partial charge in [0.25, 0.3) is 5.91 Å². The zero-order chi connectivity index (χ0) is 29.9. The van der Waals surface area contributed by atoms with Gasteiger partial charge in [-0.05, 0) is 67.8 Å². The van der Waals surface area contributed by atoms with Crippen LogP contribution in [0.1, 0.15) is 58.8 Å². The summed E-state index contributed by atoms with van der Waals surface area (Å²) in [5, 5.41) is 20.9. The number of hydrogen-bond donors (Lipinski definition) is 3. The summed E-state index contributed by atoms with van der Waals surface area (Å²) < 4.78 is 42.3. The predicted octanol–water partition coefficient (Wildman–Crippen LogP) is 7.13. The molecule has 1 aromatic heterocycles. The van der Waals surface area contributed by atoms with Gasteiger partial charge in [0.05, 0.1) is 11.4 Å². The minimum absolute atomic E-state index is 0.102. The number of phenolic OH excluding ortho intramolecular Hbond substituents is 1. The quantitative estimate of drug-likeness (QED) is 0.216. The van der Waals surface area contributed by atoms with Gasteiger partial charge in [0.2, 0.25) is 0 Å². The standard InChI is InChI=1S/C31H29F3N4O4/c1-19-5-4-6-20(15-19)18-35-30(41)38-27(21-7-2-3-8-21)17-26(37-38)25-14-11-23(16-28(25)39)36-29(40)22-9-12-24(13-10-22)42-31(32,33)34/h4-6,9-17,21,39H,2-3,7-8,18H2,1H3,(H,35,41)(H,36,40). The molecule has 1 aliphatic carbocycles. The Hall–Kier alpha value is -4.80. The highest BCUT2D eigenvalue weighted by molar-refractivity contribution is 6.04. The molecule has 5 rings (SSSR count). The fourth-order valence-corrected chi connectivity index (χ4v) is 5.11. The van der Waals surface area contributed by atoms with Crippen LogP contribution < -0.4 is 15.4 Å². The van der Waals surface area contributed by atoms with Crippen molar-refractivity contribution in [3.63, 3.8) is 0 Å². The first kappa shape index (κ1) is 28.7. The van der Waals surface area contributed by atoms with Crippen LogP contribution in [0, 0.1) is 6.92 Å². The third kappa shape index (κ3) is 6.91. The molecule has 0 atom stereocenters. The minimum atomic E-state index is -4.83. The number of alkyl halides is 3. The van der Waals surface area contributed by atoms with E-state index in [9.17, 15) is 27.9 Å². The molecule has 2 amide bonds. The number of ether oxygens (including phenoxy) is 1. The lowest BCUT2D eigenvalue weighted by Gasteiger charge is -2.12. The second-order valence-corrected chi connectivity index (χ2v) is 10.3. The Labute approximate surface area is 240 Å². The molecule has 218 valence electrons. The van der Waals surface area contributed by atoms with Gasteiger partial charge >= 0.3 is 12.4 Å². The smallest absolute Gasteiger partial charge is 0.507 e. The molecular formula is C31H29F3N4O4. The summed E-state index contributed by atoms with van der Waals surface area (Å²) >= 11 is 0. The Kier molecular flexibility index (Phi) is 8.19. The van der Waals surface area contributed by atoms with Gasteiger partial charge in [-0.3, -0.25) is 4.79 Å². The molecule has 0 bridgehead atoms. The van der Waals surface area contributed by atoms with Crippen molar-refractivity contribution in [1.82, 2.24) is 15.1 Å². The predicted molar refractivity (Wildman–Crippen MR) is 150 cm³/mol. The Morgan fingerprint density at radius 2 is 1.76 bits per heavy atom. The number of carbonyl (C=O) groups is 2. The van der Waals surface area contributed by atoms with Gasteiger partial charge in [-0.25, -0.2) is 4.79 Å². The molecule has 0 unspecified atom stereocenters. The van der Waals surface area contributed by atoms with Crippen molar-refractivity contribution in [3.05, 3.63) is 95.2 Å². The Morgan fingerprint density at radius 1 is 1.02 bits per heavy atom. The highest BCUT2D eigenvalue weighted by Crippen LogP contribution is 2.38. The van der Waals surface area contributed by atoms with Crippen molar-refractivity contribution < 1.29 is 32.6 Å². The number of aromatic hydroxyl groups is 1. The summed E-state index contributed by atoms with van der Waals surface area (Å²) in [7, 11) is 0. The van der Waals surface area contributed by atoms with Crippen LogP contribution in [0.15, 0.2) is 72.8 Å². The molecular weight excluding hydrogens is 549 g/mol. The van der Waals surface area contributed by atoms with Crippen LogP contribution in [-0.4, -0.2) is 33.2 Å². The topological polar surface area (TPSA) is 105 Å². The maximum atomic E-state index is 13.2. The number of benzene rings is 3. The van der Waals surface area contributed by atoms with Crippen molar-refractivity contribution in [1.29, 1.82) is 0 Å². The van der Waals surface area contributed by atoms with Crippen LogP contribution >= 0.6 is 0 Å². The zero-order valence-electron chi connectivity index (χ0n) is 22.7. The van der Waals surface area contributed by atoms with E-state index in [1.54, 1.807) is 12.1 Å². The molecule has 1 saturated carbocycles. The molecule has 1 fully saturated rings. The number of carbonyl (C=O) groups excluding carboxylic acids is 2. The molecule has 0 aliphatic heterocycles. The van der Waals surface area contributed by atoms with Crippen molar-refractivity contribution in [2.24, 2.45) is 0 Å². The molecule has 0 radical (unpaired) electrons. The summed E-state index contributed by atoms with van der Waals surface area (Å²) in [6.45, 7) is 2.33. The van der Waals surface area contributed by atoms with E-state index in [-0.39, 0.29) is 28.9 Å². The third-order valence-electron chi connectivity index (χ3n) is 7.11. The highest BCUT2D eigenvalue weighted by Gasteiger charge is 2.31. The lowest BCUT2D eigenvalue weighted by atomic mass is 10.0. The number of phenols is 1. The van der Waals surface area contributed by atoms with Crippen LogP contribution in [0.2, 0.25) is 0 Å². The minimum Gasteiger partial charge on any atom is -0.507 e. The molecule has 42 heavy (non-hydrogen) atoms. The number of aryl methyl sites for hydroxylation is 1. The molecule has 4 aromatic rings. The number of hydrogen-bond acceptors (Lipinski definition) is 5. The normalized spacial score (nSPS) is 13.6. The number of aromatic nitrogens is 2. The Balaban J connectivity index is 1.32. The molecule has 11 heteroatoms. The lowest BCUT2D eigenvalue weighted by molar-refractivity contribution is -0.274. The summed E-state index contributed by atoms with van der Waals surface area (Å²) in [4.78, 5) is 25.8. The van der Waals surface area contributed by atoms with Crippen molar-refractivity contribution >= 4 is 17.6 Å². The van der Waals surface area contributed by atoms with Crippen molar-refractivity contribution in [2.45, 2.75) is 51.4 Å². The number of anilines is 1. The van der Waals surface area contributed by atoms with Gasteiger partial charge in [0, 0.05) is 35.3 Å². The van der Waals surface area contributed by atoms with E-state index in [0.29, 0.717) is 17.8 Å². The fraction of sp³-hybridized carbons (Fsp3) is 0.258. The van der Waals surface area contributed by atoms with Crippen LogP contribution in [0.25, 0.3) is 11.3 Å². The molecule has 0 spiro atoms. The summed E-state index contributed by atoms with van der Waals surface area (Å²) in [6.07, 6.45) is -0.823. The molecule has 3 aromatic carbocycles. The largest absolute Gasteiger partial charge is 0.573 e. The van der Waals surface area contributed by atoms with Crippen LogP contribution in [0.4, 0.5) is 23.7 Å². The molecule has 1 heterocycles. The van der Waals surface area contributed by atoms with E-state index in [0.717, 1.165) is 54.6 Å². The van der Waals surface area contributed by atoms with Gasteiger partial charge in [-0.15, -0.1) is 13.2 Å². The highest BCUT2D eigenvalue weighted by atomic mass is 19.4. The fourth-order valence-electron chi connectivity index (χ4n) is 5.11. The SMILES string of the molecule is Cc1cccc(CNC(=O)n2nc(-c3ccc(NC(=O)c4ccc(OC(F)(F)F)cc4)cc3O)cc2C2CCCC2)c1. The number of halogens is 3. The number of rotatable bonds is 7. The first-order valence-electron chi connectivity index (χ1n) is 13.5. The van der Waals surface area contributed by atoms with Crippen molar-refractivity contribution in [3.8, 4) is 22.8 Å². The second-order valence-electron chi connectivity index (χ2n) is 10.3. The van der Waals surface area contributed by atoms with Gasteiger partial charge in [0.1, 0.15) is 11.5 Å². The molecule has 0 saturated heterocycles. The number of amides is 2. The first-order valence-corrected chi connectivity index (χ1v) is 13.5. The van der Waals surface area contributed by atoms with E-state index < -0.39 is 18.0 Å². The average molecular weight is 579 g/mol. The maximum Gasteiger partial charge on any atom is 0.573 e. The lowest BCUT2D eigenvalue weighted by Crippen LogP contribution is -2.30. The van der Waals surface area contributed by atoms with Crippen LogP contribution in [-0.2, 0) is 6.54 Å². The van der Waals surface area contributed by atoms with Crippen molar-refractivity contribution in [2.75, 3.05) is 5.32 Å². The van der Waals surface area contributed by atoms with E-state index in [2.05, 4.69) is 20.5 Å². The third-order valence-corrected chi connectivity index (χ3v) is 7.11. The summed E-state index contributed by atoms with van der Waals surface area (Å²) in [5.74, 6) is -1.02. The van der Waals surface area contributed by atoms with Gasteiger partial charge in [0.15, 0.2) is 0 Å². The van der Waals surface area contributed by atoms with E-state index in [4.69, 9.17) is 0 Å². The Bertz CT molecular complexity index is 1590. The number of nitrogens with one attached hydrogen (secondary N) is 2. The van der Waals surface area contributed by atoms with E-state index in [1.807, 2.05) is 37.3 Å². The van der Waals surface area contributed by atoms with Gasteiger partial charge in [-0.2, -0.15) is 9.78 Å². The summed E-state index contributed by atoms with van der Waals surface area (Å²) in [5.41, 5.74) is 4.01. The van der Waals surface area contributed by atoms with E-state index >= 15 is 0 Å².